The molecule has 19 heavy (non-hydrogen) atoms. The normalized spacial score (nSPS) is 25.0. The highest BCUT2D eigenvalue weighted by atomic mass is 16.5. The molecule has 4 heteroatoms. The van der Waals surface area contributed by atoms with Crippen LogP contribution in [0.15, 0.2) is 18.2 Å². The number of aromatic nitrogens is 1. The van der Waals surface area contributed by atoms with Gasteiger partial charge in [-0.2, -0.15) is 4.98 Å². The molecule has 1 N–H and O–H groups in total. The molecule has 2 heterocycles. The number of anilines is 1. The van der Waals surface area contributed by atoms with Crippen molar-refractivity contribution in [3.63, 3.8) is 0 Å². The Morgan fingerprint density at radius 2 is 2.37 bits per heavy atom. The first-order valence-corrected chi connectivity index (χ1v) is 7.48. The Bertz CT molecular complexity index is 424. The first-order valence-electron chi connectivity index (χ1n) is 7.48. The summed E-state index contributed by atoms with van der Waals surface area (Å²) in [5.74, 6) is 1.84. The Morgan fingerprint density at radius 1 is 1.42 bits per heavy atom. The van der Waals surface area contributed by atoms with Crippen molar-refractivity contribution in [3.8, 4) is 5.88 Å². The maximum Gasteiger partial charge on any atom is 0.215 e. The van der Waals surface area contributed by atoms with E-state index in [9.17, 15) is 0 Å². The van der Waals surface area contributed by atoms with E-state index in [0.717, 1.165) is 37.8 Å². The van der Waals surface area contributed by atoms with Crippen LogP contribution in [-0.4, -0.2) is 36.8 Å². The van der Waals surface area contributed by atoms with Crippen LogP contribution in [0.2, 0.25) is 0 Å². The Morgan fingerprint density at radius 3 is 3.26 bits per heavy atom. The van der Waals surface area contributed by atoms with E-state index in [1.165, 1.54) is 19.3 Å². The summed E-state index contributed by atoms with van der Waals surface area (Å²) in [5.41, 5.74) is 0. The monoisotopic (exact) mass is 261 g/mol. The number of piperazine rings is 1. The first kappa shape index (κ1) is 12.7. The second-order valence-electron chi connectivity index (χ2n) is 5.45. The van der Waals surface area contributed by atoms with E-state index in [0.29, 0.717) is 12.1 Å². The molecule has 1 aromatic heterocycles. The predicted octanol–water partition coefficient (Wildman–Crippen LogP) is 2.20. The Kier molecular flexibility index (Phi) is 3.87. The quantitative estimate of drug-likeness (QED) is 0.797. The third kappa shape index (κ3) is 3.00. The summed E-state index contributed by atoms with van der Waals surface area (Å²) in [4.78, 5) is 7.06. The molecule has 0 aromatic carbocycles. The summed E-state index contributed by atoms with van der Waals surface area (Å²) in [6.45, 7) is 5.09. The van der Waals surface area contributed by atoms with Crippen LogP contribution < -0.4 is 15.0 Å². The van der Waals surface area contributed by atoms with Crippen molar-refractivity contribution in [2.45, 2.75) is 44.7 Å². The van der Waals surface area contributed by atoms with Crippen LogP contribution in [0.1, 0.15) is 32.6 Å². The van der Waals surface area contributed by atoms with Crippen molar-refractivity contribution in [1.82, 2.24) is 10.3 Å². The van der Waals surface area contributed by atoms with Crippen LogP contribution in [0.4, 0.5) is 5.82 Å². The van der Waals surface area contributed by atoms with Crippen LogP contribution in [-0.2, 0) is 0 Å². The van der Waals surface area contributed by atoms with Gasteiger partial charge in [0.05, 0.1) is 6.61 Å². The molecule has 2 fully saturated rings. The number of pyridine rings is 1. The maximum atomic E-state index is 5.73. The highest BCUT2D eigenvalue weighted by molar-refractivity contribution is 5.45. The highest BCUT2D eigenvalue weighted by Gasteiger charge is 2.44. The largest absolute Gasteiger partial charge is 0.478 e. The van der Waals surface area contributed by atoms with E-state index in [-0.39, 0.29) is 0 Å². The molecule has 1 saturated heterocycles. The predicted molar refractivity (Wildman–Crippen MR) is 76.8 cm³/mol. The van der Waals surface area contributed by atoms with Crippen molar-refractivity contribution in [2.75, 3.05) is 24.6 Å². The zero-order valence-corrected chi connectivity index (χ0v) is 11.6. The first-order chi connectivity index (χ1) is 9.38. The number of rotatable bonds is 6. The van der Waals surface area contributed by atoms with Gasteiger partial charge >= 0.3 is 0 Å². The summed E-state index contributed by atoms with van der Waals surface area (Å²) < 4.78 is 5.73. The Labute approximate surface area is 115 Å². The number of ether oxygens (including phenoxy) is 1. The standard InChI is InChI=1S/C15H23N3O/c1-2-3-4-10-19-15-7-5-6-14(17-15)18-9-8-16-12-11-13(12)18/h5-7,12-13,16H,2-4,8-11H2,1H3. The molecular weight excluding hydrogens is 238 g/mol. The van der Waals surface area contributed by atoms with E-state index < -0.39 is 0 Å². The lowest BCUT2D eigenvalue weighted by molar-refractivity contribution is 0.295. The fourth-order valence-electron chi connectivity index (χ4n) is 2.74. The molecule has 0 amide bonds. The Balaban J connectivity index is 1.59. The molecule has 0 radical (unpaired) electrons. The zero-order valence-electron chi connectivity index (χ0n) is 11.6. The minimum Gasteiger partial charge on any atom is -0.478 e. The summed E-state index contributed by atoms with van der Waals surface area (Å²) in [6, 6.07) is 7.44. The smallest absolute Gasteiger partial charge is 0.215 e. The Hall–Kier alpha value is -1.29. The van der Waals surface area contributed by atoms with Gasteiger partial charge in [0.15, 0.2) is 0 Å². The van der Waals surface area contributed by atoms with Gasteiger partial charge in [0.1, 0.15) is 5.82 Å². The van der Waals surface area contributed by atoms with Gasteiger partial charge in [-0.25, -0.2) is 0 Å². The van der Waals surface area contributed by atoms with Gasteiger partial charge in [0.2, 0.25) is 5.88 Å². The second kappa shape index (κ2) is 5.78. The number of unbranched alkanes of at least 4 members (excludes halogenated alkanes) is 2. The summed E-state index contributed by atoms with van der Waals surface area (Å²) in [7, 11) is 0. The number of nitrogens with one attached hydrogen (secondary N) is 1. The number of hydrogen-bond donors (Lipinski definition) is 1. The fourth-order valence-corrected chi connectivity index (χ4v) is 2.74. The molecule has 1 aromatic rings. The summed E-state index contributed by atoms with van der Waals surface area (Å²) >= 11 is 0. The van der Waals surface area contributed by atoms with E-state index in [4.69, 9.17) is 4.74 Å². The third-order valence-corrected chi connectivity index (χ3v) is 3.92. The molecular formula is C15H23N3O. The van der Waals surface area contributed by atoms with E-state index >= 15 is 0 Å². The molecule has 104 valence electrons. The third-order valence-electron chi connectivity index (χ3n) is 3.92. The molecule has 0 bridgehead atoms. The van der Waals surface area contributed by atoms with Crippen molar-refractivity contribution in [2.24, 2.45) is 0 Å². The zero-order chi connectivity index (χ0) is 13.1. The fraction of sp³-hybridized carbons (Fsp3) is 0.667. The molecule has 0 spiro atoms. The topological polar surface area (TPSA) is 37.4 Å². The molecule has 1 saturated carbocycles. The lowest BCUT2D eigenvalue weighted by Crippen LogP contribution is -2.43. The van der Waals surface area contributed by atoms with Crippen LogP contribution in [0.5, 0.6) is 5.88 Å². The molecule has 3 rings (SSSR count). The molecule has 4 nitrogen and oxygen atoms in total. The van der Waals surface area contributed by atoms with Gasteiger partial charge in [0.25, 0.3) is 0 Å². The molecule has 2 aliphatic rings. The average Bonchev–Trinajstić information content (AvgIpc) is 3.23. The van der Waals surface area contributed by atoms with Gasteiger partial charge in [0, 0.05) is 31.2 Å². The number of hydrogen-bond acceptors (Lipinski definition) is 4. The highest BCUT2D eigenvalue weighted by Crippen LogP contribution is 2.34. The minimum absolute atomic E-state index is 0.650. The van der Waals surface area contributed by atoms with Gasteiger partial charge in [-0.05, 0) is 18.9 Å². The lowest BCUT2D eigenvalue weighted by Gasteiger charge is -2.28. The number of fused-ring (bicyclic) bond motifs is 1. The van der Waals surface area contributed by atoms with Crippen LogP contribution in [0.3, 0.4) is 0 Å². The summed E-state index contributed by atoms with van der Waals surface area (Å²) in [6.07, 6.45) is 4.81. The van der Waals surface area contributed by atoms with Gasteiger partial charge in [-0.1, -0.05) is 25.8 Å². The lowest BCUT2D eigenvalue weighted by atomic mass is 10.3. The average molecular weight is 261 g/mol. The van der Waals surface area contributed by atoms with Crippen molar-refractivity contribution < 1.29 is 4.74 Å². The van der Waals surface area contributed by atoms with Crippen molar-refractivity contribution >= 4 is 5.82 Å². The van der Waals surface area contributed by atoms with Gasteiger partial charge < -0.3 is 15.0 Å². The van der Waals surface area contributed by atoms with Gasteiger partial charge in [-0.15, -0.1) is 0 Å². The molecule has 1 aliphatic carbocycles. The van der Waals surface area contributed by atoms with Crippen LogP contribution in [0.25, 0.3) is 0 Å². The van der Waals surface area contributed by atoms with E-state index in [2.05, 4.69) is 34.3 Å². The van der Waals surface area contributed by atoms with Gasteiger partial charge in [-0.3, -0.25) is 0 Å². The molecule has 1 aliphatic heterocycles. The minimum atomic E-state index is 0.650. The van der Waals surface area contributed by atoms with Crippen LogP contribution in [0, 0.1) is 0 Å². The number of nitrogens with zero attached hydrogens (tertiary/aromatic N) is 2. The molecule has 2 atom stereocenters. The SMILES string of the molecule is CCCCCOc1cccc(N2CCNC3CC32)n1. The van der Waals surface area contributed by atoms with Crippen LogP contribution >= 0.6 is 0 Å². The second-order valence-corrected chi connectivity index (χ2v) is 5.45. The molecule has 2 unspecified atom stereocenters. The maximum absolute atomic E-state index is 5.73. The van der Waals surface area contributed by atoms with E-state index in [1.807, 2.05) is 6.07 Å². The summed E-state index contributed by atoms with van der Waals surface area (Å²) in [5, 5.41) is 3.52. The van der Waals surface area contributed by atoms with E-state index in [1.54, 1.807) is 0 Å². The van der Waals surface area contributed by atoms with Crippen molar-refractivity contribution in [1.29, 1.82) is 0 Å². The van der Waals surface area contributed by atoms with Crippen molar-refractivity contribution in [3.05, 3.63) is 18.2 Å².